The first-order chi connectivity index (χ1) is 15.7. The molecule has 2 heterocycles. The van der Waals surface area contributed by atoms with E-state index in [1.165, 1.54) is 23.1 Å². The zero-order valence-electron chi connectivity index (χ0n) is 17.2. The average Bonchev–Trinajstić information content (AvgIpc) is 3.38. The van der Waals surface area contributed by atoms with E-state index in [9.17, 15) is 4.79 Å². The van der Waals surface area contributed by atoms with Crippen LogP contribution in [0, 0.1) is 0 Å². The Labute approximate surface area is 192 Å². The van der Waals surface area contributed by atoms with Gasteiger partial charge < -0.3 is 14.6 Å². The molecular weight excluding hydrogens is 442 g/mol. The predicted octanol–water partition coefficient (Wildman–Crippen LogP) is 4.89. The molecule has 9 heteroatoms. The molecule has 7 nitrogen and oxygen atoms in total. The standard InChI is InChI=1S/C23H19N5O2S2/c1-28-20(13-30-18-11-6-8-15-7-2-3-9-16(15)18)26-27-23(28)31-14-21(29)25-22-24-17-10-4-5-12-19(17)32-22/h2-12H,13-14H2,1H3,(H,24,25,29). The maximum Gasteiger partial charge on any atom is 0.236 e. The van der Waals surface area contributed by atoms with E-state index in [2.05, 4.69) is 32.6 Å². The summed E-state index contributed by atoms with van der Waals surface area (Å²) in [5.41, 5.74) is 0.879. The minimum atomic E-state index is -0.134. The van der Waals surface area contributed by atoms with E-state index in [4.69, 9.17) is 4.74 Å². The molecule has 0 bridgehead atoms. The third kappa shape index (κ3) is 4.30. The molecule has 0 aliphatic carbocycles. The lowest BCUT2D eigenvalue weighted by Crippen LogP contribution is -2.14. The van der Waals surface area contributed by atoms with E-state index in [0.29, 0.717) is 16.1 Å². The second-order valence-corrected chi connectivity index (χ2v) is 9.02. The fraction of sp³-hybridized carbons (Fsp3) is 0.130. The van der Waals surface area contributed by atoms with Gasteiger partial charge in [-0.25, -0.2) is 4.98 Å². The van der Waals surface area contributed by atoms with Crippen LogP contribution in [0.5, 0.6) is 5.75 Å². The second kappa shape index (κ2) is 8.97. The molecule has 0 spiro atoms. The smallest absolute Gasteiger partial charge is 0.236 e. The summed E-state index contributed by atoms with van der Waals surface area (Å²) in [6, 6.07) is 21.9. The summed E-state index contributed by atoms with van der Waals surface area (Å²) in [4.78, 5) is 16.8. The Morgan fingerprint density at radius 2 is 1.88 bits per heavy atom. The molecule has 0 radical (unpaired) electrons. The number of hydrogen-bond acceptors (Lipinski definition) is 7. The molecule has 160 valence electrons. The first-order valence-corrected chi connectivity index (χ1v) is 11.7. The highest BCUT2D eigenvalue weighted by Gasteiger charge is 2.14. The summed E-state index contributed by atoms with van der Waals surface area (Å²) in [5.74, 6) is 1.57. The van der Waals surface area contributed by atoms with Crippen LogP contribution in [0.25, 0.3) is 21.0 Å². The quantitative estimate of drug-likeness (QED) is 0.348. The number of nitrogens with one attached hydrogen (secondary N) is 1. The monoisotopic (exact) mass is 461 g/mol. The number of hydrogen-bond donors (Lipinski definition) is 1. The number of nitrogens with zero attached hydrogens (tertiary/aromatic N) is 4. The molecule has 0 aliphatic rings. The van der Waals surface area contributed by atoms with Crippen molar-refractivity contribution in [2.24, 2.45) is 7.05 Å². The van der Waals surface area contributed by atoms with Crippen LogP contribution in [0.15, 0.2) is 71.9 Å². The van der Waals surface area contributed by atoms with E-state index >= 15 is 0 Å². The van der Waals surface area contributed by atoms with Crippen molar-refractivity contribution in [1.82, 2.24) is 19.7 Å². The number of rotatable bonds is 7. The molecule has 2 aromatic heterocycles. The van der Waals surface area contributed by atoms with Crippen molar-refractivity contribution in [3.8, 4) is 5.75 Å². The second-order valence-electron chi connectivity index (χ2n) is 7.05. The van der Waals surface area contributed by atoms with Crippen LogP contribution in [0.2, 0.25) is 0 Å². The lowest BCUT2D eigenvalue weighted by molar-refractivity contribution is -0.113. The Kier molecular flexibility index (Phi) is 5.74. The molecule has 1 N–H and O–H groups in total. The minimum Gasteiger partial charge on any atom is -0.485 e. The Morgan fingerprint density at radius 3 is 2.78 bits per heavy atom. The highest BCUT2D eigenvalue weighted by Crippen LogP contribution is 2.27. The number of aromatic nitrogens is 4. The first kappa shape index (κ1) is 20.5. The van der Waals surface area contributed by atoms with Gasteiger partial charge in [-0.2, -0.15) is 0 Å². The predicted molar refractivity (Wildman–Crippen MR) is 128 cm³/mol. The molecule has 0 unspecified atom stereocenters. The summed E-state index contributed by atoms with van der Waals surface area (Å²) in [5, 5.41) is 14.7. The number of ether oxygens (including phenoxy) is 1. The molecule has 32 heavy (non-hydrogen) atoms. The number of amides is 1. The summed E-state index contributed by atoms with van der Waals surface area (Å²) in [6.07, 6.45) is 0. The molecule has 0 fully saturated rings. The Morgan fingerprint density at radius 1 is 1.06 bits per heavy atom. The van der Waals surface area contributed by atoms with Crippen LogP contribution in [-0.2, 0) is 18.4 Å². The van der Waals surface area contributed by atoms with Gasteiger partial charge in [-0.05, 0) is 23.6 Å². The van der Waals surface area contributed by atoms with Crippen molar-refractivity contribution in [3.63, 3.8) is 0 Å². The summed E-state index contributed by atoms with van der Waals surface area (Å²) in [7, 11) is 1.87. The normalized spacial score (nSPS) is 11.2. The molecule has 5 aromatic rings. The minimum absolute atomic E-state index is 0.134. The van der Waals surface area contributed by atoms with Gasteiger partial charge >= 0.3 is 0 Å². The zero-order chi connectivity index (χ0) is 21.9. The maximum absolute atomic E-state index is 12.4. The molecular formula is C23H19N5O2S2. The van der Waals surface area contributed by atoms with E-state index in [-0.39, 0.29) is 18.3 Å². The third-order valence-electron chi connectivity index (χ3n) is 4.90. The summed E-state index contributed by atoms with van der Waals surface area (Å²) >= 11 is 2.78. The lowest BCUT2D eigenvalue weighted by atomic mass is 10.1. The Hall–Kier alpha value is -3.43. The number of anilines is 1. The van der Waals surface area contributed by atoms with Gasteiger partial charge in [0, 0.05) is 12.4 Å². The molecule has 1 amide bonds. The van der Waals surface area contributed by atoms with Crippen LogP contribution < -0.4 is 10.1 Å². The number of carbonyl (C=O) groups is 1. The molecule has 5 rings (SSSR count). The summed E-state index contributed by atoms with van der Waals surface area (Å²) in [6.45, 7) is 0.288. The van der Waals surface area contributed by atoms with E-state index in [1.807, 2.05) is 66.2 Å². The fourth-order valence-corrected chi connectivity index (χ4v) is 4.88. The average molecular weight is 462 g/mol. The van der Waals surface area contributed by atoms with E-state index < -0.39 is 0 Å². The summed E-state index contributed by atoms with van der Waals surface area (Å²) < 4.78 is 8.90. The van der Waals surface area contributed by atoms with Crippen molar-refractivity contribution in [2.75, 3.05) is 11.1 Å². The van der Waals surface area contributed by atoms with Crippen LogP contribution in [-0.4, -0.2) is 31.4 Å². The van der Waals surface area contributed by atoms with Crippen LogP contribution in [0.3, 0.4) is 0 Å². The van der Waals surface area contributed by atoms with Crippen molar-refractivity contribution in [3.05, 3.63) is 72.6 Å². The third-order valence-corrected chi connectivity index (χ3v) is 6.88. The van der Waals surface area contributed by atoms with Gasteiger partial charge in [0.25, 0.3) is 0 Å². The van der Waals surface area contributed by atoms with Gasteiger partial charge in [-0.15, -0.1) is 10.2 Å². The fourth-order valence-electron chi connectivity index (χ4n) is 3.27. The van der Waals surface area contributed by atoms with Gasteiger partial charge in [0.15, 0.2) is 16.1 Å². The first-order valence-electron chi connectivity index (χ1n) is 9.94. The van der Waals surface area contributed by atoms with Gasteiger partial charge in [-0.1, -0.05) is 71.6 Å². The maximum atomic E-state index is 12.4. The highest BCUT2D eigenvalue weighted by molar-refractivity contribution is 7.99. The zero-order valence-corrected chi connectivity index (χ0v) is 18.8. The van der Waals surface area contributed by atoms with Crippen molar-refractivity contribution in [2.45, 2.75) is 11.8 Å². The molecule has 0 saturated carbocycles. The highest BCUT2D eigenvalue weighted by atomic mass is 32.2. The Balaban J connectivity index is 1.19. The number of thiazole rings is 1. The Bertz CT molecular complexity index is 1370. The number of carbonyl (C=O) groups excluding carboxylic acids is 1. The molecule has 0 saturated heterocycles. The molecule has 0 aliphatic heterocycles. The largest absolute Gasteiger partial charge is 0.485 e. The van der Waals surface area contributed by atoms with Crippen LogP contribution in [0.1, 0.15) is 5.82 Å². The number of benzene rings is 3. The molecule has 0 atom stereocenters. The molecule has 3 aromatic carbocycles. The van der Waals surface area contributed by atoms with E-state index in [0.717, 1.165) is 26.7 Å². The van der Waals surface area contributed by atoms with Gasteiger partial charge in [0.05, 0.1) is 16.0 Å². The SMILES string of the molecule is Cn1c(COc2cccc3ccccc23)nnc1SCC(=O)Nc1nc2ccccc2s1. The number of para-hydroxylation sites is 1. The lowest BCUT2D eigenvalue weighted by Gasteiger charge is -2.09. The van der Waals surface area contributed by atoms with E-state index in [1.54, 1.807) is 0 Å². The van der Waals surface area contributed by atoms with Crippen LogP contribution in [0.4, 0.5) is 5.13 Å². The number of fused-ring (bicyclic) bond motifs is 2. The van der Waals surface area contributed by atoms with Gasteiger partial charge in [0.1, 0.15) is 12.4 Å². The van der Waals surface area contributed by atoms with Crippen molar-refractivity contribution >= 4 is 55.1 Å². The van der Waals surface area contributed by atoms with Crippen molar-refractivity contribution < 1.29 is 9.53 Å². The number of thioether (sulfide) groups is 1. The van der Waals surface area contributed by atoms with Crippen LogP contribution >= 0.6 is 23.1 Å². The van der Waals surface area contributed by atoms with Gasteiger partial charge in [0.2, 0.25) is 5.91 Å². The van der Waals surface area contributed by atoms with Crippen molar-refractivity contribution in [1.29, 1.82) is 0 Å². The topological polar surface area (TPSA) is 81.9 Å². The van der Waals surface area contributed by atoms with Gasteiger partial charge in [-0.3, -0.25) is 4.79 Å².